The van der Waals surface area contributed by atoms with Crippen LogP contribution in [0.5, 0.6) is 0 Å². The van der Waals surface area contributed by atoms with Gasteiger partial charge in [0.2, 0.25) is 5.91 Å². The molecule has 6 nitrogen and oxygen atoms in total. The van der Waals surface area contributed by atoms with Gasteiger partial charge < -0.3 is 10.1 Å². The molecule has 3 rings (SSSR count). The van der Waals surface area contributed by atoms with E-state index < -0.39 is 5.82 Å². The van der Waals surface area contributed by atoms with E-state index in [1.807, 2.05) is 6.07 Å². The maximum Gasteiger partial charge on any atom is 0.293 e. The number of aromatic nitrogens is 1. The Morgan fingerprint density at radius 3 is 2.73 bits per heavy atom. The molecule has 8 heteroatoms. The van der Waals surface area contributed by atoms with Crippen molar-refractivity contribution in [2.24, 2.45) is 5.92 Å². The van der Waals surface area contributed by atoms with Crippen molar-refractivity contribution in [2.75, 3.05) is 5.32 Å². The lowest BCUT2D eigenvalue weighted by Crippen LogP contribution is -2.29. The van der Waals surface area contributed by atoms with Crippen LogP contribution in [-0.2, 0) is 14.3 Å². The molecule has 1 saturated carbocycles. The average Bonchev–Trinajstić information content (AvgIpc) is 3.05. The molecule has 0 spiro atoms. The van der Waals surface area contributed by atoms with Gasteiger partial charge in [0.05, 0.1) is 0 Å². The van der Waals surface area contributed by atoms with E-state index in [0.29, 0.717) is 32.2 Å². The Morgan fingerprint density at radius 2 is 2.08 bits per heavy atom. The molecule has 0 radical (unpaired) electrons. The van der Waals surface area contributed by atoms with Gasteiger partial charge in [-0.25, -0.2) is 9.37 Å². The molecule has 0 bridgehead atoms. The predicted octanol–water partition coefficient (Wildman–Crippen LogP) is 3.49. The van der Waals surface area contributed by atoms with E-state index in [1.54, 1.807) is 18.2 Å². The van der Waals surface area contributed by atoms with Crippen molar-refractivity contribution in [3.63, 3.8) is 0 Å². The van der Waals surface area contributed by atoms with Gasteiger partial charge in [-0.1, -0.05) is 23.5 Å². The highest BCUT2D eigenvalue weighted by Crippen LogP contribution is 2.33. The molecule has 1 aromatic carbocycles. The minimum absolute atomic E-state index is 0.130. The van der Waals surface area contributed by atoms with Gasteiger partial charge in [0.1, 0.15) is 28.6 Å². The van der Waals surface area contributed by atoms with Crippen molar-refractivity contribution < 1.29 is 18.7 Å². The van der Waals surface area contributed by atoms with Gasteiger partial charge in [0.15, 0.2) is 5.13 Å². The molecule has 0 aliphatic heterocycles. The number of nitriles is 1. The van der Waals surface area contributed by atoms with E-state index in [-0.39, 0.29) is 39.2 Å². The highest BCUT2D eigenvalue weighted by Gasteiger charge is 2.28. The van der Waals surface area contributed by atoms with Gasteiger partial charge in [-0.3, -0.25) is 9.59 Å². The second kappa shape index (κ2) is 8.06. The van der Waals surface area contributed by atoms with Gasteiger partial charge in [-0.15, -0.1) is 0 Å². The summed E-state index contributed by atoms with van der Waals surface area (Å²) < 4.78 is 18.9. The smallest absolute Gasteiger partial charge is 0.293 e. The van der Waals surface area contributed by atoms with E-state index >= 15 is 0 Å². The molecule has 1 aliphatic rings. The monoisotopic (exact) mass is 373 g/mol. The SMILES string of the molecule is N#Cc1sc(NC(=O)C2CCC(OC=O)CC2)nc1-c1ccccc1F. The van der Waals surface area contributed by atoms with Crippen molar-refractivity contribution in [3.8, 4) is 17.3 Å². The Hall–Kier alpha value is -2.79. The van der Waals surface area contributed by atoms with Crippen LogP contribution in [0.3, 0.4) is 0 Å². The fourth-order valence-corrected chi connectivity index (χ4v) is 3.81. The van der Waals surface area contributed by atoms with E-state index in [1.165, 1.54) is 6.07 Å². The Bertz CT molecular complexity index is 854. The molecular weight excluding hydrogens is 357 g/mol. The number of anilines is 1. The fourth-order valence-electron chi connectivity index (χ4n) is 3.03. The van der Waals surface area contributed by atoms with Crippen LogP contribution in [0, 0.1) is 23.1 Å². The number of rotatable bonds is 5. The summed E-state index contributed by atoms with van der Waals surface area (Å²) in [5.74, 6) is -0.860. The molecule has 1 fully saturated rings. The second-order valence-electron chi connectivity index (χ2n) is 5.98. The summed E-state index contributed by atoms with van der Waals surface area (Å²) in [6, 6.07) is 8.07. The third-order valence-corrected chi connectivity index (χ3v) is 5.26. The standard InChI is InChI=1S/C18H16FN3O3S/c19-14-4-2-1-3-13(14)16-15(9-20)26-18(21-16)22-17(24)11-5-7-12(8-6-11)25-10-23/h1-4,10-12H,5-8H2,(H,21,22,24). The number of halogens is 1. The third kappa shape index (κ3) is 3.89. The summed E-state index contributed by atoms with van der Waals surface area (Å²) in [4.78, 5) is 27.3. The number of thiazole rings is 1. The topological polar surface area (TPSA) is 92.1 Å². The highest BCUT2D eigenvalue weighted by molar-refractivity contribution is 7.16. The summed E-state index contributed by atoms with van der Waals surface area (Å²) in [5, 5.41) is 12.3. The van der Waals surface area contributed by atoms with Gasteiger partial charge in [-0.2, -0.15) is 5.26 Å². The van der Waals surface area contributed by atoms with Crippen LogP contribution in [0.4, 0.5) is 9.52 Å². The molecule has 1 aliphatic carbocycles. The van der Waals surface area contributed by atoms with Crippen LogP contribution >= 0.6 is 11.3 Å². The zero-order valence-corrected chi connectivity index (χ0v) is 14.6. The van der Waals surface area contributed by atoms with Crippen LogP contribution in [-0.4, -0.2) is 23.5 Å². The second-order valence-corrected chi connectivity index (χ2v) is 6.98. The summed E-state index contributed by atoms with van der Waals surface area (Å²) in [5.41, 5.74) is 0.460. The molecule has 1 heterocycles. The zero-order chi connectivity index (χ0) is 18.5. The highest BCUT2D eigenvalue weighted by atomic mass is 32.1. The average molecular weight is 373 g/mol. The summed E-state index contributed by atoms with van der Waals surface area (Å²) in [6.45, 7) is 0.439. The number of nitrogens with zero attached hydrogens (tertiary/aromatic N) is 2. The number of nitrogens with one attached hydrogen (secondary N) is 1. The minimum atomic E-state index is -0.472. The molecule has 134 valence electrons. The first kappa shape index (κ1) is 18.0. The van der Waals surface area contributed by atoms with E-state index in [4.69, 9.17) is 4.74 Å². The lowest BCUT2D eigenvalue weighted by Gasteiger charge is -2.26. The van der Waals surface area contributed by atoms with Gasteiger partial charge in [-0.05, 0) is 37.8 Å². The van der Waals surface area contributed by atoms with E-state index in [0.717, 1.165) is 11.3 Å². The Balaban J connectivity index is 1.71. The van der Waals surface area contributed by atoms with E-state index in [9.17, 15) is 19.2 Å². The normalized spacial score (nSPS) is 19.4. The number of benzene rings is 1. The third-order valence-electron chi connectivity index (χ3n) is 4.38. The molecule has 1 amide bonds. The number of ether oxygens (including phenoxy) is 1. The van der Waals surface area contributed by atoms with Crippen molar-refractivity contribution in [2.45, 2.75) is 31.8 Å². The van der Waals surface area contributed by atoms with Crippen molar-refractivity contribution in [1.29, 1.82) is 5.26 Å². The van der Waals surface area contributed by atoms with Gasteiger partial charge >= 0.3 is 0 Å². The quantitative estimate of drug-likeness (QED) is 0.810. The molecule has 2 aromatic rings. The van der Waals surface area contributed by atoms with Crippen molar-refractivity contribution >= 4 is 28.8 Å². The Kier molecular flexibility index (Phi) is 5.58. The number of hydrogen-bond donors (Lipinski definition) is 1. The largest absolute Gasteiger partial charge is 0.465 e. The minimum Gasteiger partial charge on any atom is -0.465 e. The summed E-state index contributed by atoms with van der Waals surface area (Å²) in [6.07, 6.45) is 2.37. The Labute approximate surface area is 153 Å². The first-order chi connectivity index (χ1) is 12.6. The van der Waals surface area contributed by atoms with Gasteiger partial charge in [0, 0.05) is 11.5 Å². The number of hydrogen-bond acceptors (Lipinski definition) is 6. The van der Waals surface area contributed by atoms with Crippen LogP contribution < -0.4 is 5.32 Å². The van der Waals surface area contributed by atoms with Crippen LogP contribution in [0.25, 0.3) is 11.3 Å². The first-order valence-corrected chi connectivity index (χ1v) is 8.99. The lowest BCUT2D eigenvalue weighted by molar-refractivity contribution is -0.135. The maximum absolute atomic E-state index is 14.0. The molecule has 0 atom stereocenters. The van der Waals surface area contributed by atoms with E-state index in [2.05, 4.69) is 10.3 Å². The van der Waals surface area contributed by atoms with Crippen molar-refractivity contribution in [3.05, 3.63) is 35.0 Å². The van der Waals surface area contributed by atoms with Gasteiger partial charge in [0.25, 0.3) is 6.47 Å². The fraction of sp³-hybridized carbons (Fsp3) is 0.333. The van der Waals surface area contributed by atoms with Crippen LogP contribution in [0.15, 0.2) is 24.3 Å². The molecule has 1 aromatic heterocycles. The zero-order valence-electron chi connectivity index (χ0n) is 13.8. The number of carbonyl (C=O) groups is 2. The summed E-state index contributed by atoms with van der Waals surface area (Å²) >= 11 is 1.02. The Morgan fingerprint density at radius 1 is 1.35 bits per heavy atom. The van der Waals surface area contributed by atoms with Crippen LogP contribution in [0.1, 0.15) is 30.6 Å². The molecular formula is C18H16FN3O3S. The molecule has 0 unspecified atom stereocenters. The maximum atomic E-state index is 14.0. The van der Waals surface area contributed by atoms with Crippen LogP contribution in [0.2, 0.25) is 0 Å². The summed E-state index contributed by atoms with van der Waals surface area (Å²) in [7, 11) is 0. The number of carbonyl (C=O) groups excluding carboxylic acids is 2. The van der Waals surface area contributed by atoms with Crippen molar-refractivity contribution in [1.82, 2.24) is 4.98 Å². The number of amides is 1. The predicted molar refractivity (Wildman–Crippen MR) is 93.7 cm³/mol. The lowest BCUT2D eigenvalue weighted by atomic mass is 9.87. The molecule has 0 saturated heterocycles. The molecule has 26 heavy (non-hydrogen) atoms. The first-order valence-electron chi connectivity index (χ1n) is 8.18. The molecule has 1 N–H and O–H groups in total.